The Hall–Kier alpha value is -3.41. The number of nitrogens with zero attached hydrogens (tertiary/aromatic N) is 2. The van der Waals surface area contributed by atoms with Crippen LogP contribution in [0, 0.1) is 0 Å². The van der Waals surface area contributed by atoms with E-state index in [9.17, 15) is 4.79 Å². The van der Waals surface area contributed by atoms with Gasteiger partial charge in [-0.15, -0.1) is 0 Å². The minimum Gasteiger partial charge on any atom is -0.465 e. The summed E-state index contributed by atoms with van der Waals surface area (Å²) in [5.74, 6) is 1.02. The third-order valence-corrected chi connectivity index (χ3v) is 4.08. The van der Waals surface area contributed by atoms with Crippen molar-refractivity contribution in [2.75, 3.05) is 17.7 Å². The lowest BCUT2D eigenvalue weighted by molar-refractivity contribution is 0.0602. The molecule has 0 aliphatic heterocycles. The number of carbonyl (C=O) groups is 1. The van der Waals surface area contributed by atoms with Crippen LogP contribution in [-0.4, -0.2) is 23.0 Å². The first-order valence-electron chi connectivity index (χ1n) is 8.72. The molecule has 0 spiro atoms. The van der Waals surface area contributed by atoms with Gasteiger partial charge in [-0.25, -0.2) is 9.78 Å². The second-order valence-corrected chi connectivity index (χ2v) is 6.29. The minimum absolute atomic E-state index is 0.377. The Morgan fingerprint density at radius 3 is 2.41 bits per heavy atom. The molecule has 0 fully saturated rings. The number of rotatable bonds is 6. The van der Waals surface area contributed by atoms with Crippen molar-refractivity contribution in [3.8, 4) is 0 Å². The molecule has 0 saturated carbocycles. The molecule has 138 valence electrons. The van der Waals surface area contributed by atoms with Crippen LogP contribution in [0.2, 0.25) is 0 Å². The van der Waals surface area contributed by atoms with E-state index in [4.69, 9.17) is 4.74 Å². The molecule has 6 heteroatoms. The third-order valence-electron chi connectivity index (χ3n) is 4.08. The maximum Gasteiger partial charge on any atom is 0.339 e. The van der Waals surface area contributed by atoms with Gasteiger partial charge in [0.15, 0.2) is 0 Å². The van der Waals surface area contributed by atoms with Crippen molar-refractivity contribution in [2.24, 2.45) is 0 Å². The summed E-state index contributed by atoms with van der Waals surface area (Å²) in [6, 6.07) is 17.0. The topological polar surface area (TPSA) is 76.1 Å². The van der Waals surface area contributed by atoms with Gasteiger partial charge in [-0.05, 0) is 35.7 Å². The molecule has 0 aliphatic carbocycles. The summed E-state index contributed by atoms with van der Waals surface area (Å²) in [5.41, 5.74) is 3.23. The summed E-state index contributed by atoms with van der Waals surface area (Å²) in [6.07, 6.45) is 1.66. The van der Waals surface area contributed by atoms with Gasteiger partial charge in [-0.2, -0.15) is 4.98 Å². The molecule has 1 heterocycles. The van der Waals surface area contributed by atoms with Crippen molar-refractivity contribution >= 4 is 29.1 Å². The van der Waals surface area contributed by atoms with E-state index in [1.807, 2.05) is 24.3 Å². The maximum absolute atomic E-state index is 11.9. The lowest BCUT2D eigenvalue weighted by Crippen LogP contribution is -2.07. The molecule has 0 radical (unpaired) electrons. The molecule has 1 aromatic heterocycles. The molecule has 0 atom stereocenters. The fourth-order valence-electron chi connectivity index (χ4n) is 2.74. The average Bonchev–Trinajstić information content (AvgIpc) is 2.68. The maximum atomic E-state index is 11.9. The smallest absolute Gasteiger partial charge is 0.339 e. The Bertz CT molecular complexity index is 941. The summed E-state index contributed by atoms with van der Waals surface area (Å²) in [4.78, 5) is 20.7. The number of methoxy groups -OCH3 is 1. The first kappa shape index (κ1) is 18.4. The quantitative estimate of drug-likeness (QED) is 0.609. The zero-order valence-electron chi connectivity index (χ0n) is 15.6. The van der Waals surface area contributed by atoms with E-state index >= 15 is 0 Å². The predicted molar refractivity (Wildman–Crippen MR) is 107 cm³/mol. The molecule has 0 amide bonds. The van der Waals surface area contributed by atoms with Crippen molar-refractivity contribution in [2.45, 2.75) is 19.8 Å². The third kappa shape index (κ3) is 4.41. The summed E-state index contributed by atoms with van der Waals surface area (Å²) in [6.45, 7) is 4.28. The number of aromatic nitrogens is 2. The van der Waals surface area contributed by atoms with E-state index in [2.05, 4.69) is 40.5 Å². The van der Waals surface area contributed by atoms with Crippen LogP contribution in [0.3, 0.4) is 0 Å². The van der Waals surface area contributed by atoms with Crippen LogP contribution in [-0.2, 0) is 4.74 Å². The van der Waals surface area contributed by atoms with E-state index in [-0.39, 0.29) is 0 Å². The zero-order valence-corrected chi connectivity index (χ0v) is 15.6. The SMILES string of the molecule is COC(=O)c1ccccc1Nc1ccnc(Nc2ccccc2C(C)C)n1. The Labute approximate surface area is 158 Å². The Kier molecular flexibility index (Phi) is 5.66. The molecule has 3 rings (SSSR count). The van der Waals surface area contributed by atoms with Gasteiger partial charge < -0.3 is 15.4 Å². The fraction of sp³-hybridized carbons (Fsp3) is 0.190. The van der Waals surface area contributed by atoms with Crippen molar-refractivity contribution in [3.63, 3.8) is 0 Å². The number of esters is 1. The van der Waals surface area contributed by atoms with Crippen LogP contribution in [0.15, 0.2) is 60.8 Å². The van der Waals surface area contributed by atoms with Gasteiger partial charge in [-0.3, -0.25) is 0 Å². The van der Waals surface area contributed by atoms with Crippen LogP contribution in [0.4, 0.5) is 23.1 Å². The van der Waals surface area contributed by atoms with Crippen LogP contribution in [0.25, 0.3) is 0 Å². The molecular formula is C21H22N4O2. The van der Waals surface area contributed by atoms with Crippen molar-refractivity contribution in [3.05, 3.63) is 71.9 Å². The lowest BCUT2D eigenvalue weighted by Gasteiger charge is -2.14. The Morgan fingerprint density at radius 2 is 1.67 bits per heavy atom. The predicted octanol–water partition coefficient (Wildman–Crippen LogP) is 4.87. The van der Waals surface area contributed by atoms with Crippen molar-refractivity contribution in [1.29, 1.82) is 0 Å². The monoisotopic (exact) mass is 362 g/mol. The fourth-order valence-corrected chi connectivity index (χ4v) is 2.74. The molecule has 0 bridgehead atoms. The molecule has 2 aromatic carbocycles. The first-order valence-corrected chi connectivity index (χ1v) is 8.72. The van der Waals surface area contributed by atoms with Crippen molar-refractivity contribution in [1.82, 2.24) is 9.97 Å². The molecule has 2 N–H and O–H groups in total. The zero-order chi connectivity index (χ0) is 19.2. The van der Waals surface area contributed by atoms with Crippen LogP contribution >= 0.6 is 0 Å². The van der Waals surface area contributed by atoms with Gasteiger partial charge in [0.25, 0.3) is 0 Å². The van der Waals surface area contributed by atoms with Gasteiger partial charge in [0.1, 0.15) is 5.82 Å². The van der Waals surface area contributed by atoms with E-state index < -0.39 is 5.97 Å². The first-order chi connectivity index (χ1) is 13.1. The average molecular weight is 362 g/mol. The van der Waals surface area contributed by atoms with Crippen molar-refractivity contribution < 1.29 is 9.53 Å². The van der Waals surface area contributed by atoms with Crippen LogP contribution in [0.5, 0.6) is 0 Å². The van der Waals surface area contributed by atoms with Gasteiger partial charge in [0.2, 0.25) is 5.95 Å². The van der Waals surface area contributed by atoms with E-state index in [1.54, 1.807) is 30.5 Å². The van der Waals surface area contributed by atoms with E-state index in [0.29, 0.717) is 28.9 Å². The largest absolute Gasteiger partial charge is 0.465 e. The standard InChI is InChI=1S/C21H22N4O2/c1-14(2)15-8-4-6-10-17(15)24-21-22-13-12-19(25-21)23-18-11-7-5-9-16(18)20(26)27-3/h4-14H,1-3H3,(H2,22,23,24,25). The highest BCUT2D eigenvalue weighted by atomic mass is 16.5. The number of hydrogen-bond donors (Lipinski definition) is 2. The molecule has 27 heavy (non-hydrogen) atoms. The van der Waals surface area contributed by atoms with Gasteiger partial charge in [0, 0.05) is 11.9 Å². The Balaban J connectivity index is 1.85. The summed E-state index contributed by atoms with van der Waals surface area (Å²) in [7, 11) is 1.36. The van der Waals surface area contributed by atoms with Crippen LogP contribution < -0.4 is 10.6 Å². The number of ether oxygens (including phenoxy) is 1. The molecular weight excluding hydrogens is 340 g/mol. The van der Waals surface area contributed by atoms with E-state index in [1.165, 1.54) is 12.7 Å². The number of hydrogen-bond acceptors (Lipinski definition) is 6. The normalized spacial score (nSPS) is 10.5. The van der Waals surface area contributed by atoms with Crippen LogP contribution in [0.1, 0.15) is 35.7 Å². The van der Waals surface area contributed by atoms with Gasteiger partial charge >= 0.3 is 5.97 Å². The summed E-state index contributed by atoms with van der Waals surface area (Å²) in [5, 5.41) is 6.43. The Morgan fingerprint density at radius 1 is 0.963 bits per heavy atom. The molecule has 6 nitrogen and oxygen atoms in total. The minimum atomic E-state index is -0.406. The highest BCUT2D eigenvalue weighted by Crippen LogP contribution is 2.26. The second kappa shape index (κ2) is 8.31. The van der Waals surface area contributed by atoms with Gasteiger partial charge in [0.05, 0.1) is 18.4 Å². The molecule has 0 unspecified atom stereocenters. The highest BCUT2D eigenvalue weighted by molar-refractivity contribution is 5.96. The number of nitrogens with one attached hydrogen (secondary N) is 2. The summed E-state index contributed by atoms with van der Waals surface area (Å²) >= 11 is 0. The summed E-state index contributed by atoms with van der Waals surface area (Å²) < 4.78 is 4.83. The molecule has 0 saturated heterocycles. The molecule has 3 aromatic rings. The van der Waals surface area contributed by atoms with Gasteiger partial charge in [-0.1, -0.05) is 44.2 Å². The number of carbonyl (C=O) groups excluding carboxylic acids is 1. The second-order valence-electron chi connectivity index (χ2n) is 6.29. The number of anilines is 4. The molecule has 0 aliphatic rings. The lowest BCUT2D eigenvalue weighted by atomic mass is 10.0. The highest BCUT2D eigenvalue weighted by Gasteiger charge is 2.12. The number of para-hydroxylation sites is 2. The number of benzene rings is 2. The van der Waals surface area contributed by atoms with E-state index in [0.717, 1.165) is 5.69 Å².